The van der Waals surface area contributed by atoms with E-state index in [2.05, 4.69) is 4.98 Å². The number of nitrogens with zero attached hydrogens (tertiary/aromatic N) is 4. The van der Waals surface area contributed by atoms with Gasteiger partial charge in [-0.15, -0.1) is 0 Å². The third kappa shape index (κ3) is 4.63. The van der Waals surface area contributed by atoms with Crippen LogP contribution in [0.15, 0.2) is 53.7 Å². The van der Waals surface area contributed by atoms with Crippen molar-refractivity contribution in [3.05, 3.63) is 65.5 Å². The highest BCUT2D eigenvalue weighted by Crippen LogP contribution is 2.40. The summed E-state index contributed by atoms with van der Waals surface area (Å²) in [5, 5.41) is 0. The molecule has 1 unspecified atom stereocenters. The first-order valence-corrected chi connectivity index (χ1v) is 12.6. The van der Waals surface area contributed by atoms with E-state index in [1.165, 1.54) is 12.1 Å². The summed E-state index contributed by atoms with van der Waals surface area (Å²) >= 11 is 0. The van der Waals surface area contributed by atoms with Crippen LogP contribution in [0.1, 0.15) is 74.2 Å². The van der Waals surface area contributed by atoms with Crippen molar-refractivity contribution < 1.29 is 22.8 Å². The molecule has 2 aliphatic heterocycles. The van der Waals surface area contributed by atoms with Gasteiger partial charge in [0.15, 0.2) is 0 Å². The van der Waals surface area contributed by atoms with E-state index in [1.807, 2.05) is 23.1 Å². The van der Waals surface area contributed by atoms with Gasteiger partial charge in [-0.2, -0.15) is 13.2 Å². The predicted molar refractivity (Wildman–Crippen MR) is 128 cm³/mol. The number of amides is 2. The summed E-state index contributed by atoms with van der Waals surface area (Å²) in [6.45, 7) is 0.498. The van der Waals surface area contributed by atoms with Gasteiger partial charge in [0.2, 0.25) is 5.91 Å². The molecule has 1 aromatic carbocycles. The van der Waals surface area contributed by atoms with Gasteiger partial charge >= 0.3 is 6.18 Å². The maximum Gasteiger partial charge on any atom is 0.416 e. The number of carbonyl (C=O) groups excluding carboxylic acids is 2. The van der Waals surface area contributed by atoms with Gasteiger partial charge in [-0.1, -0.05) is 24.6 Å². The number of hydrogen-bond donors (Lipinski definition) is 0. The lowest BCUT2D eigenvalue weighted by Crippen LogP contribution is -2.53. The van der Waals surface area contributed by atoms with Gasteiger partial charge in [-0.25, -0.2) is 0 Å². The summed E-state index contributed by atoms with van der Waals surface area (Å²) in [5.74, 6) is -0.538. The molecular formula is C27H29F3N4O2. The van der Waals surface area contributed by atoms with Crippen molar-refractivity contribution in [2.45, 2.75) is 69.2 Å². The average Bonchev–Trinajstić information content (AvgIpc) is 3.15. The van der Waals surface area contributed by atoms with Crippen molar-refractivity contribution >= 4 is 17.5 Å². The molecule has 0 N–H and O–H groups in total. The molecule has 1 aliphatic carbocycles. The van der Waals surface area contributed by atoms with Crippen molar-refractivity contribution in [3.63, 3.8) is 0 Å². The summed E-state index contributed by atoms with van der Waals surface area (Å²) in [6, 6.07) is 10.1. The molecule has 9 heteroatoms. The van der Waals surface area contributed by atoms with Gasteiger partial charge in [0, 0.05) is 18.3 Å². The maximum atomic E-state index is 13.6. The zero-order chi connectivity index (χ0) is 25.3. The molecule has 190 valence electrons. The van der Waals surface area contributed by atoms with Gasteiger partial charge in [0.1, 0.15) is 17.9 Å². The predicted octanol–water partition coefficient (Wildman–Crippen LogP) is 5.15. The fourth-order valence-corrected chi connectivity index (χ4v) is 5.69. The monoisotopic (exact) mass is 498 g/mol. The Balaban J connectivity index is 1.41. The van der Waals surface area contributed by atoms with E-state index in [-0.39, 0.29) is 24.2 Å². The van der Waals surface area contributed by atoms with E-state index >= 15 is 0 Å². The number of carbonyl (C=O) groups is 2. The molecule has 6 nitrogen and oxygen atoms in total. The highest BCUT2D eigenvalue weighted by atomic mass is 19.4. The molecule has 1 saturated carbocycles. The minimum atomic E-state index is -4.46. The first-order valence-electron chi connectivity index (χ1n) is 12.6. The van der Waals surface area contributed by atoms with Crippen LogP contribution >= 0.6 is 0 Å². The number of pyridine rings is 1. The lowest BCUT2D eigenvalue weighted by molar-refractivity contribution is -0.144. The van der Waals surface area contributed by atoms with Gasteiger partial charge in [-0.05, 0) is 69.2 Å². The van der Waals surface area contributed by atoms with Crippen LogP contribution in [-0.4, -0.2) is 51.1 Å². The minimum absolute atomic E-state index is 0.101. The molecule has 2 aromatic rings. The molecule has 3 heterocycles. The van der Waals surface area contributed by atoms with Crippen LogP contribution in [0.5, 0.6) is 0 Å². The standard InChI is InChI=1S/C27H29F3N4O2/c28-27(29,30)20-12-10-19(11-13-20)24-25(36)34(26(32-24)14-4-1-5-15-26)18-23(35)33-17-7-3-9-22(33)21-8-2-6-16-31-21/h2,6,8,10-13,16,22H,1,3-5,7,9,14-15,17-18H2. The molecule has 0 radical (unpaired) electrons. The van der Waals surface area contributed by atoms with Gasteiger partial charge in [0.25, 0.3) is 5.91 Å². The number of likely N-dealkylation sites (tertiary alicyclic amines) is 1. The number of rotatable bonds is 4. The Kier molecular flexibility index (Phi) is 6.57. The van der Waals surface area contributed by atoms with Crippen LogP contribution in [0.25, 0.3) is 0 Å². The van der Waals surface area contributed by atoms with Crippen LogP contribution in [-0.2, 0) is 15.8 Å². The van der Waals surface area contributed by atoms with Crippen molar-refractivity contribution in [1.29, 1.82) is 0 Å². The highest BCUT2D eigenvalue weighted by molar-refractivity contribution is 6.47. The lowest BCUT2D eigenvalue weighted by Gasteiger charge is -2.41. The maximum absolute atomic E-state index is 13.6. The van der Waals surface area contributed by atoms with Crippen LogP contribution in [0.4, 0.5) is 13.2 Å². The Morgan fingerprint density at radius 1 is 1.00 bits per heavy atom. The van der Waals surface area contributed by atoms with E-state index in [0.717, 1.165) is 56.4 Å². The molecule has 1 atom stereocenters. The van der Waals surface area contributed by atoms with Crippen molar-refractivity contribution in [2.24, 2.45) is 4.99 Å². The number of halogens is 3. The largest absolute Gasteiger partial charge is 0.416 e. The van der Waals surface area contributed by atoms with Crippen LogP contribution < -0.4 is 0 Å². The molecule has 3 aliphatic rings. The number of aromatic nitrogens is 1. The van der Waals surface area contributed by atoms with E-state index < -0.39 is 23.3 Å². The van der Waals surface area contributed by atoms with Crippen molar-refractivity contribution in [3.8, 4) is 0 Å². The van der Waals surface area contributed by atoms with Crippen molar-refractivity contribution in [2.75, 3.05) is 13.1 Å². The summed E-state index contributed by atoms with van der Waals surface area (Å²) in [6.07, 6.45) is 4.02. The minimum Gasteiger partial charge on any atom is -0.333 e. The van der Waals surface area contributed by atoms with Crippen LogP contribution in [0.3, 0.4) is 0 Å². The van der Waals surface area contributed by atoms with E-state index in [9.17, 15) is 22.8 Å². The second kappa shape index (κ2) is 9.67. The zero-order valence-corrected chi connectivity index (χ0v) is 20.0. The molecule has 2 amide bonds. The Morgan fingerprint density at radius 3 is 2.42 bits per heavy atom. The smallest absolute Gasteiger partial charge is 0.333 e. The Morgan fingerprint density at radius 2 is 1.75 bits per heavy atom. The molecule has 36 heavy (non-hydrogen) atoms. The third-order valence-electron chi connectivity index (χ3n) is 7.56. The second-order valence-electron chi connectivity index (χ2n) is 9.82. The highest BCUT2D eigenvalue weighted by Gasteiger charge is 2.49. The van der Waals surface area contributed by atoms with Crippen LogP contribution in [0.2, 0.25) is 0 Å². The Bertz CT molecular complexity index is 1140. The van der Waals surface area contributed by atoms with Gasteiger partial charge < -0.3 is 9.80 Å². The molecule has 1 spiro atoms. The van der Waals surface area contributed by atoms with E-state index in [0.29, 0.717) is 24.9 Å². The Hall–Kier alpha value is -3.23. The third-order valence-corrected chi connectivity index (χ3v) is 7.56. The number of hydrogen-bond acceptors (Lipinski definition) is 4. The lowest BCUT2D eigenvalue weighted by atomic mass is 9.88. The molecule has 1 aromatic heterocycles. The first kappa shape index (κ1) is 24.5. The van der Waals surface area contributed by atoms with Gasteiger partial charge in [0.05, 0.1) is 17.3 Å². The summed E-state index contributed by atoms with van der Waals surface area (Å²) in [4.78, 5) is 39.9. The number of alkyl halides is 3. The van der Waals surface area contributed by atoms with Crippen LogP contribution in [0, 0.1) is 0 Å². The molecular weight excluding hydrogens is 469 g/mol. The quantitative estimate of drug-likeness (QED) is 0.586. The zero-order valence-electron chi connectivity index (χ0n) is 20.0. The summed E-state index contributed by atoms with van der Waals surface area (Å²) in [5.41, 5.74) is -0.274. The molecule has 5 rings (SSSR count). The Labute approximate surface area is 208 Å². The van der Waals surface area contributed by atoms with Crippen molar-refractivity contribution in [1.82, 2.24) is 14.8 Å². The van der Waals surface area contributed by atoms with E-state index in [1.54, 1.807) is 11.1 Å². The SMILES string of the molecule is O=C(CN1C(=O)C(c2ccc(C(F)(F)F)cc2)=NC12CCCCC2)N1CCCCC1c1ccccn1. The van der Waals surface area contributed by atoms with Gasteiger partial charge in [-0.3, -0.25) is 19.6 Å². The summed E-state index contributed by atoms with van der Waals surface area (Å²) in [7, 11) is 0. The average molecular weight is 499 g/mol. The molecule has 2 fully saturated rings. The molecule has 0 bridgehead atoms. The number of piperidine rings is 1. The topological polar surface area (TPSA) is 65.9 Å². The number of aliphatic imine (C=N–C) groups is 1. The molecule has 1 saturated heterocycles. The second-order valence-corrected chi connectivity index (χ2v) is 9.82. The number of benzene rings is 1. The fraction of sp³-hybridized carbons (Fsp3) is 0.481. The summed E-state index contributed by atoms with van der Waals surface area (Å²) < 4.78 is 39.1. The van der Waals surface area contributed by atoms with E-state index in [4.69, 9.17) is 4.99 Å². The normalized spacial score (nSPS) is 22.1. The first-order chi connectivity index (χ1) is 17.3. The fourth-order valence-electron chi connectivity index (χ4n) is 5.69.